The highest BCUT2D eigenvalue weighted by Crippen LogP contribution is 2.38. The SMILES string of the molecule is COC(=O)C1=CO[C@H](C)[C@@H]2C[n+]3ccc4c([nH]c5ccccc54)c3C[C@H]12. The van der Waals surface area contributed by atoms with Gasteiger partial charge in [0.15, 0.2) is 12.7 Å². The number of methoxy groups -OCH3 is 1. The zero-order valence-electron chi connectivity index (χ0n) is 14.9. The molecule has 2 aliphatic heterocycles. The van der Waals surface area contributed by atoms with Gasteiger partial charge >= 0.3 is 5.97 Å². The van der Waals surface area contributed by atoms with Crippen molar-refractivity contribution in [2.45, 2.75) is 26.0 Å². The minimum Gasteiger partial charge on any atom is -0.497 e. The van der Waals surface area contributed by atoms with Gasteiger partial charge in [0.2, 0.25) is 5.69 Å². The molecule has 3 aromatic rings. The van der Waals surface area contributed by atoms with Crippen LogP contribution in [0.4, 0.5) is 0 Å². The van der Waals surface area contributed by atoms with Crippen LogP contribution in [0.1, 0.15) is 12.6 Å². The topological polar surface area (TPSA) is 55.2 Å². The molecule has 0 fully saturated rings. The number of hydrogen-bond acceptors (Lipinski definition) is 3. The third-order valence-electron chi connectivity index (χ3n) is 5.97. The van der Waals surface area contributed by atoms with Crippen LogP contribution in [0.25, 0.3) is 21.8 Å². The van der Waals surface area contributed by atoms with Crippen LogP contribution < -0.4 is 4.57 Å². The lowest BCUT2D eigenvalue weighted by atomic mass is 9.76. The van der Waals surface area contributed by atoms with Crippen LogP contribution in [0, 0.1) is 11.8 Å². The Morgan fingerprint density at radius 2 is 2.12 bits per heavy atom. The molecule has 2 aliphatic rings. The number of pyridine rings is 1. The number of fused-ring (bicyclic) bond motifs is 6. The van der Waals surface area contributed by atoms with E-state index in [1.54, 1.807) is 6.26 Å². The Bertz CT molecular complexity index is 1070. The van der Waals surface area contributed by atoms with Gasteiger partial charge in [-0.05, 0) is 13.0 Å². The van der Waals surface area contributed by atoms with Crippen LogP contribution >= 0.6 is 0 Å². The minimum absolute atomic E-state index is 0.0764. The van der Waals surface area contributed by atoms with Gasteiger partial charge in [0.1, 0.15) is 11.6 Å². The van der Waals surface area contributed by atoms with Gasteiger partial charge in [0, 0.05) is 34.7 Å². The van der Waals surface area contributed by atoms with Gasteiger partial charge in [-0.25, -0.2) is 9.36 Å². The van der Waals surface area contributed by atoms with Gasteiger partial charge in [-0.3, -0.25) is 0 Å². The van der Waals surface area contributed by atoms with Gasteiger partial charge in [-0.2, -0.15) is 0 Å². The number of carbonyl (C=O) groups is 1. The molecule has 2 aromatic heterocycles. The lowest BCUT2D eigenvalue weighted by molar-refractivity contribution is -0.717. The zero-order valence-corrected chi connectivity index (χ0v) is 14.9. The Balaban J connectivity index is 1.68. The first kappa shape index (κ1) is 15.4. The molecule has 0 amide bonds. The Morgan fingerprint density at radius 3 is 2.96 bits per heavy atom. The number of ether oxygens (including phenoxy) is 2. The number of H-pyrrole nitrogens is 1. The first-order valence-corrected chi connectivity index (χ1v) is 9.03. The molecule has 5 rings (SSSR count). The second kappa shape index (κ2) is 5.59. The average molecular weight is 349 g/mol. The van der Waals surface area contributed by atoms with E-state index in [1.807, 2.05) is 6.07 Å². The minimum atomic E-state index is -0.288. The third-order valence-corrected chi connectivity index (χ3v) is 5.97. The summed E-state index contributed by atoms with van der Waals surface area (Å²) in [5.41, 5.74) is 4.19. The smallest absolute Gasteiger partial charge is 0.337 e. The highest BCUT2D eigenvalue weighted by Gasteiger charge is 2.45. The molecule has 1 aromatic carbocycles. The number of aromatic amines is 1. The predicted octanol–water partition coefficient (Wildman–Crippen LogP) is 2.87. The van der Waals surface area contributed by atoms with E-state index in [4.69, 9.17) is 9.47 Å². The largest absolute Gasteiger partial charge is 0.497 e. The lowest BCUT2D eigenvalue weighted by Crippen LogP contribution is -2.53. The van der Waals surface area contributed by atoms with Crippen molar-refractivity contribution in [3.05, 3.63) is 54.1 Å². The molecule has 0 spiro atoms. The summed E-state index contributed by atoms with van der Waals surface area (Å²) in [6, 6.07) is 10.5. The molecule has 0 aliphatic carbocycles. The number of benzene rings is 1. The van der Waals surface area contributed by atoms with E-state index < -0.39 is 0 Å². The van der Waals surface area contributed by atoms with E-state index in [2.05, 4.69) is 46.9 Å². The van der Waals surface area contributed by atoms with Crippen LogP contribution in [0.5, 0.6) is 0 Å². The Kier molecular flexibility index (Phi) is 3.32. The van der Waals surface area contributed by atoms with Crippen molar-refractivity contribution in [3.8, 4) is 0 Å². The van der Waals surface area contributed by atoms with Gasteiger partial charge in [-0.15, -0.1) is 0 Å². The molecule has 26 heavy (non-hydrogen) atoms. The first-order chi connectivity index (χ1) is 12.7. The van der Waals surface area contributed by atoms with Crippen molar-refractivity contribution in [1.29, 1.82) is 0 Å². The summed E-state index contributed by atoms with van der Waals surface area (Å²) in [7, 11) is 1.43. The standard InChI is InChI=1S/C21H20N2O3/c1-12-16-10-23-8-7-14-13-5-3-4-6-18(13)22-20(14)19(23)9-15(16)17(11-26-12)21(24)25-2/h3-8,11-12,15-16H,9-10H2,1-2H3/p+1/t12-,15+,16+/m1/s1. The second-order valence-electron chi connectivity index (χ2n) is 7.25. The Labute approximate surface area is 151 Å². The van der Waals surface area contributed by atoms with Crippen LogP contribution in [0.2, 0.25) is 0 Å². The number of nitrogens with zero attached hydrogens (tertiary/aromatic N) is 1. The molecule has 0 bridgehead atoms. The number of nitrogens with one attached hydrogen (secondary N) is 1. The third kappa shape index (κ3) is 2.09. The number of aromatic nitrogens is 2. The quantitative estimate of drug-likeness (QED) is 0.543. The fraction of sp³-hybridized carbons (Fsp3) is 0.333. The summed E-state index contributed by atoms with van der Waals surface area (Å²) in [6.45, 7) is 2.91. The highest BCUT2D eigenvalue weighted by atomic mass is 16.5. The lowest BCUT2D eigenvalue weighted by Gasteiger charge is -2.36. The van der Waals surface area contributed by atoms with Crippen LogP contribution in [-0.4, -0.2) is 24.2 Å². The van der Waals surface area contributed by atoms with Crippen molar-refractivity contribution >= 4 is 27.8 Å². The maximum atomic E-state index is 12.3. The fourth-order valence-corrected chi connectivity index (χ4v) is 4.57. The summed E-state index contributed by atoms with van der Waals surface area (Å²) >= 11 is 0. The van der Waals surface area contributed by atoms with E-state index in [-0.39, 0.29) is 23.9 Å². The summed E-state index contributed by atoms with van der Waals surface area (Å²) < 4.78 is 13.0. The van der Waals surface area contributed by atoms with Crippen LogP contribution in [0.3, 0.4) is 0 Å². The molecule has 0 radical (unpaired) electrons. The van der Waals surface area contributed by atoms with Gasteiger partial charge in [0.05, 0.1) is 24.9 Å². The Morgan fingerprint density at radius 1 is 1.27 bits per heavy atom. The highest BCUT2D eigenvalue weighted by molar-refractivity contribution is 6.07. The molecule has 132 valence electrons. The van der Waals surface area contributed by atoms with Crippen molar-refractivity contribution in [1.82, 2.24) is 4.98 Å². The second-order valence-corrected chi connectivity index (χ2v) is 7.25. The molecular formula is C21H21N2O3+. The van der Waals surface area contributed by atoms with Crippen LogP contribution in [-0.2, 0) is 27.2 Å². The Hall–Kier alpha value is -2.82. The maximum Gasteiger partial charge on any atom is 0.337 e. The van der Waals surface area contributed by atoms with Crippen molar-refractivity contribution < 1.29 is 18.8 Å². The van der Waals surface area contributed by atoms with Crippen molar-refractivity contribution in [2.75, 3.05) is 7.11 Å². The summed E-state index contributed by atoms with van der Waals surface area (Å²) in [5, 5.41) is 2.46. The van der Waals surface area contributed by atoms with Gasteiger partial charge in [0.25, 0.3) is 0 Å². The van der Waals surface area contributed by atoms with Crippen LogP contribution in [0.15, 0.2) is 48.4 Å². The van der Waals surface area contributed by atoms with E-state index in [1.165, 1.54) is 23.6 Å². The summed E-state index contributed by atoms with van der Waals surface area (Å²) in [5.74, 6) is 0.0841. The monoisotopic (exact) mass is 349 g/mol. The van der Waals surface area contributed by atoms with E-state index in [0.29, 0.717) is 5.57 Å². The molecule has 4 heterocycles. The number of esters is 1. The number of para-hydroxylation sites is 1. The first-order valence-electron chi connectivity index (χ1n) is 9.03. The van der Waals surface area contributed by atoms with E-state index in [0.717, 1.165) is 24.0 Å². The maximum absolute atomic E-state index is 12.3. The molecule has 0 unspecified atom stereocenters. The molecule has 0 saturated heterocycles. The molecular weight excluding hydrogens is 328 g/mol. The zero-order chi connectivity index (χ0) is 17.8. The summed E-state index contributed by atoms with van der Waals surface area (Å²) in [6.07, 6.45) is 4.64. The number of rotatable bonds is 1. The summed E-state index contributed by atoms with van der Waals surface area (Å²) in [4.78, 5) is 15.8. The average Bonchev–Trinajstić information content (AvgIpc) is 3.06. The predicted molar refractivity (Wildman–Crippen MR) is 97.3 cm³/mol. The molecule has 1 N–H and O–H groups in total. The van der Waals surface area contributed by atoms with Crippen molar-refractivity contribution in [3.63, 3.8) is 0 Å². The normalized spacial score (nSPS) is 24.5. The number of hydrogen-bond donors (Lipinski definition) is 1. The van der Waals surface area contributed by atoms with Crippen molar-refractivity contribution in [2.24, 2.45) is 11.8 Å². The molecule has 0 saturated carbocycles. The number of carbonyl (C=O) groups excluding carboxylic acids is 1. The van der Waals surface area contributed by atoms with E-state index in [9.17, 15) is 4.79 Å². The molecule has 5 heteroatoms. The molecule has 5 nitrogen and oxygen atoms in total. The van der Waals surface area contributed by atoms with Gasteiger partial charge in [-0.1, -0.05) is 18.2 Å². The fourth-order valence-electron chi connectivity index (χ4n) is 4.57. The molecule has 3 atom stereocenters. The van der Waals surface area contributed by atoms with Gasteiger partial charge < -0.3 is 14.5 Å². The van der Waals surface area contributed by atoms with E-state index >= 15 is 0 Å².